The molecule has 8 heteroatoms. The molecular weight excluding hydrogens is 382 g/mol. The highest BCUT2D eigenvalue weighted by molar-refractivity contribution is 9.10. The van der Waals surface area contributed by atoms with Crippen molar-refractivity contribution in [3.8, 4) is 5.75 Å². The fraction of sp³-hybridized carbons (Fsp3) is 0.267. The van der Waals surface area contributed by atoms with Gasteiger partial charge in [-0.3, -0.25) is 9.59 Å². The third kappa shape index (κ3) is 5.33. The van der Waals surface area contributed by atoms with Crippen molar-refractivity contribution in [3.05, 3.63) is 39.3 Å². The summed E-state index contributed by atoms with van der Waals surface area (Å²) in [7, 11) is 1.60. The number of amides is 2. The lowest BCUT2D eigenvalue weighted by atomic mass is 10.1. The standard InChI is InChI=1S/C15H16BrN3O3S/c1-22-12-4-2-9(6-11(12)16)3-5-14(21)19-15-18-10(8-23-15)7-13(17)20/h2,4,6,8H,3,5,7H2,1H3,(H2,17,20)(H,18,19,21). The molecule has 6 nitrogen and oxygen atoms in total. The van der Waals surface area contributed by atoms with Gasteiger partial charge in [0.05, 0.1) is 23.7 Å². The van der Waals surface area contributed by atoms with Crippen LogP contribution in [0.25, 0.3) is 0 Å². The lowest BCUT2D eigenvalue weighted by Gasteiger charge is -2.06. The molecule has 0 aliphatic heterocycles. The van der Waals surface area contributed by atoms with Crippen LogP contribution in [0.5, 0.6) is 5.75 Å². The number of nitrogens with zero attached hydrogens (tertiary/aromatic N) is 1. The fourth-order valence-corrected chi connectivity index (χ4v) is 3.24. The van der Waals surface area contributed by atoms with Crippen LogP contribution < -0.4 is 15.8 Å². The molecule has 1 aromatic carbocycles. The largest absolute Gasteiger partial charge is 0.496 e. The number of ether oxygens (including phenoxy) is 1. The van der Waals surface area contributed by atoms with Gasteiger partial charge < -0.3 is 15.8 Å². The molecule has 3 N–H and O–H groups in total. The zero-order chi connectivity index (χ0) is 16.8. The SMILES string of the molecule is COc1ccc(CCC(=O)Nc2nc(CC(N)=O)cs2)cc1Br. The number of carbonyl (C=O) groups is 2. The number of rotatable bonds is 7. The highest BCUT2D eigenvalue weighted by Crippen LogP contribution is 2.26. The molecule has 0 unspecified atom stereocenters. The van der Waals surface area contributed by atoms with Gasteiger partial charge in [0.2, 0.25) is 11.8 Å². The third-order valence-corrected chi connectivity index (χ3v) is 4.44. The van der Waals surface area contributed by atoms with Gasteiger partial charge in [0.1, 0.15) is 5.75 Å². The average Bonchev–Trinajstić information content (AvgIpc) is 2.91. The van der Waals surface area contributed by atoms with Crippen LogP contribution in [0.2, 0.25) is 0 Å². The van der Waals surface area contributed by atoms with Crippen molar-refractivity contribution < 1.29 is 14.3 Å². The molecule has 0 atom stereocenters. The first kappa shape index (κ1) is 17.4. The molecule has 2 amide bonds. The number of hydrogen-bond acceptors (Lipinski definition) is 5. The van der Waals surface area contributed by atoms with Gasteiger partial charge in [-0.2, -0.15) is 0 Å². The summed E-state index contributed by atoms with van der Waals surface area (Å²) in [6, 6.07) is 5.71. The number of nitrogens with one attached hydrogen (secondary N) is 1. The first-order chi connectivity index (χ1) is 11.0. The van der Waals surface area contributed by atoms with Gasteiger partial charge in [-0.25, -0.2) is 4.98 Å². The Hall–Kier alpha value is -1.93. The normalized spacial score (nSPS) is 10.3. The minimum atomic E-state index is -0.446. The van der Waals surface area contributed by atoms with Gasteiger partial charge in [-0.05, 0) is 40.0 Å². The molecule has 0 aliphatic rings. The van der Waals surface area contributed by atoms with E-state index in [-0.39, 0.29) is 12.3 Å². The van der Waals surface area contributed by atoms with Gasteiger partial charge in [-0.15, -0.1) is 11.3 Å². The van der Waals surface area contributed by atoms with E-state index in [1.807, 2.05) is 18.2 Å². The lowest BCUT2D eigenvalue weighted by molar-refractivity contribution is -0.117. The quantitative estimate of drug-likeness (QED) is 0.750. The summed E-state index contributed by atoms with van der Waals surface area (Å²) in [6.45, 7) is 0. The molecule has 0 spiro atoms. The van der Waals surface area contributed by atoms with Gasteiger partial charge in [0.15, 0.2) is 5.13 Å². The Bertz CT molecular complexity index is 718. The molecule has 0 aliphatic carbocycles. The molecule has 1 aromatic heterocycles. The summed E-state index contributed by atoms with van der Waals surface area (Å²) < 4.78 is 6.02. The highest BCUT2D eigenvalue weighted by atomic mass is 79.9. The predicted molar refractivity (Wildman–Crippen MR) is 92.7 cm³/mol. The molecule has 2 aromatic rings. The number of methoxy groups -OCH3 is 1. The van der Waals surface area contributed by atoms with Crippen molar-refractivity contribution in [3.63, 3.8) is 0 Å². The van der Waals surface area contributed by atoms with Crippen LogP contribution in [0.1, 0.15) is 17.7 Å². The number of nitrogens with two attached hydrogens (primary N) is 1. The van der Waals surface area contributed by atoms with Crippen molar-refractivity contribution in [2.24, 2.45) is 5.73 Å². The van der Waals surface area contributed by atoms with Gasteiger partial charge in [0, 0.05) is 11.8 Å². The number of aromatic nitrogens is 1. The van der Waals surface area contributed by atoms with Gasteiger partial charge >= 0.3 is 0 Å². The number of halogens is 1. The van der Waals surface area contributed by atoms with E-state index in [9.17, 15) is 9.59 Å². The van der Waals surface area contributed by atoms with Crippen molar-refractivity contribution in [2.45, 2.75) is 19.3 Å². The molecule has 0 bridgehead atoms. The number of aryl methyl sites for hydroxylation is 1. The first-order valence-corrected chi connectivity index (χ1v) is 8.50. The zero-order valence-electron chi connectivity index (χ0n) is 12.5. The molecule has 0 saturated carbocycles. The van der Waals surface area contributed by atoms with E-state index in [4.69, 9.17) is 10.5 Å². The molecule has 23 heavy (non-hydrogen) atoms. The summed E-state index contributed by atoms with van der Waals surface area (Å²) >= 11 is 4.69. The summed E-state index contributed by atoms with van der Waals surface area (Å²) in [5.74, 6) is 0.179. The number of anilines is 1. The van der Waals surface area contributed by atoms with Crippen molar-refractivity contribution in [2.75, 3.05) is 12.4 Å². The number of carbonyl (C=O) groups excluding carboxylic acids is 2. The predicted octanol–water partition coefficient (Wildman–Crippen LogP) is 2.51. The van der Waals surface area contributed by atoms with Crippen LogP contribution in [-0.4, -0.2) is 23.9 Å². The molecule has 122 valence electrons. The van der Waals surface area contributed by atoms with E-state index in [0.29, 0.717) is 23.7 Å². The number of primary amides is 1. The Morgan fingerprint density at radius 2 is 2.22 bits per heavy atom. The maximum absolute atomic E-state index is 12.0. The van der Waals surface area contributed by atoms with Crippen LogP contribution >= 0.6 is 27.3 Å². The average molecular weight is 398 g/mol. The van der Waals surface area contributed by atoms with E-state index in [1.165, 1.54) is 11.3 Å². The fourth-order valence-electron chi connectivity index (χ4n) is 1.93. The maximum Gasteiger partial charge on any atom is 0.226 e. The monoisotopic (exact) mass is 397 g/mol. The lowest BCUT2D eigenvalue weighted by Crippen LogP contribution is -2.14. The second-order valence-corrected chi connectivity index (χ2v) is 6.52. The molecule has 2 rings (SSSR count). The Kier molecular flexibility index (Phi) is 6.12. The Morgan fingerprint density at radius 1 is 1.43 bits per heavy atom. The Labute approximate surface area is 146 Å². The first-order valence-electron chi connectivity index (χ1n) is 6.83. The van der Waals surface area contributed by atoms with E-state index in [1.54, 1.807) is 12.5 Å². The summed E-state index contributed by atoms with van der Waals surface area (Å²) in [5, 5.41) is 4.91. The molecule has 1 heterocycles. The number of benzene rings is 1. The zero-order valence-corrected chi connectivity index (χ0v) is 14.9. The molecule has 0 radical (unpaired) electrons. The number of thiazole rings is 1. The summed E-state index contributed by atoms with van der Waals surface area (Å²) in [4.78, 5) is 26.9. The molecule has 0 saturated heterocycles. The topological polar surface area (TPSA) is 94.3 Å². The van der Waals surface area contributed by atoms with Crippen molar-refractivity contribution >= 4 is 44.2 Å². The van der Waals surface area contributed by atoms with Gasteiger partial charge in [-0.1, -0.05) is 6.07 Å². The van der Waals surface area contributed by atoms with Crippen LogP contribution in [-0.2, 0) is 22.4 Å². The highest BCUT2D eigenvalue weighted by Gasteiger charge is 2.09. The molecular formula is C15H16BrN3O3S. The minimum Gasteiger partial charge on any atom is -0.496 e. The van der Waals surface area contributed by atoms with Crippen LogP contribution in [0.3, 0.4) is 0 Å². The van der Waals surface area contributed by atoms with E-state index >= 15 is 0 Å². The van der Waals surface area contributed by atoms with E-state index < -0.39 is 5.91 Å². The number of hydrogen-bond donors (Lipinski definition) is 2. The van der Waals surface area contributed by atoms with Gasteiger partial charge in [0.25, 0.3) is 0 Å². The van der Waals surface area contributed by atoms with Crippen molar-refractivity contribution in [1.29, 1.82) is 0 Å². The smallest absolute Gasteiger partial charge is 0.226 e. The Balaban J connectivity index is 1.86. The third-order valence-electron chi connectivity index (χ3n) is 3.01. The van der Waals surface area contributed by atoms with Crippen LogP contribution in [0, 0.1) is 0 Å². The van der Waals surface area contributed by atoms with Crippen molar-refractivity contribution in [1.82, 2.24) is 4.98 Å². The van der Waals surface area contributed by atoms with E-state index in [0.717, 1.165) is 15.8 Å². The Morgan fingerprint density at radius 3 is 2.87 bits per heavy atom. The minimum absolute atomic E-state index is 0.0756. The maximum atomic E-state index is 12.0. The summed E-state index contributed by atoms with van der Waals surface area (Å²) in [6.07, 6.45) is 1.02. The second-order valence-electron chi connectivity index (χ2n) is 4.80. The summed E-state index contributed by atoms with van der Waals surface area (Å²) in [5.41, 5.74) is 6.70. The van der Waals surface area contributed by atoms with Crippen LogP contribution in [0.15, 0.2) is 28.1 Å². The van der Waals surface area contributed by atoms with E-state index in [2.05, 4.69) is 26.2 Å². The van der Waals surface area contributed by atoms with Crippen LogP contribution in [0.4, 0.5) is 5.13 Å². The molecule has 0 fully saturated rings. The second kappa shape index (κ2) is 8.07.